The molecule has 0 bridgehead atoms. The van der Waals surface area contributed by atoms with Crippen LogP contribution in [0.25, 0.3) is 0 Å². The van der Waals surface area contributed by atoms with Crippen LogP contribution < -0.4 is 10.9 Å². The lowest BCUT2D eigenvalue weighted by Crippen LogP contribution is -2.50. The van der Waals surface area contributed by atoms with Crippen molar-refractivity contribution < 1.29 is 23.9 Å². The number of nitrogens with zero attached hydrogens (tertiary/aromatic N) is 1. The number of nitrogens with one attached hydrogen (secondary N) is 2. The Morgan fingerprint density at radius 2 is 1.87 bits per heavy atom. The van der Waals surface area contributed by atoms with Gasteiger partial charge in [0.1, 0.15) is 11.6 Å². The van der Waals surface area contributed by atoms with Crippen molar-refractivity contribution in [2.45, 2.75) is 19.3 Å². The quantitative estimate of drug-likeness (QED) is 0.645. The molecule has 1 saturated heterocycles. The molecule has 1 fully saturated rings. The van der Waals surface area contributed by atoms with E-state index in [0.29, 0.717) is 24.9 Å². The molecule has 2 aromatic carbocycles. The van der Waals surface area contributed by atoms with E-state index in [2.05, 4.69) is 10.9 Å². The van der Waals surface area contributed by atoms with Crippen molar-refractivity contribution in [1.82, 2.24) is 15.8 Å². The van der Waals surface area contributed by atoms with E-state index in [1.54, 1.807) is 17.0 Å². The molecule has 0 saturated carbocycles. The van der Waals surface area contributed by atoms with Gasteiger partial charge in [0.25, 0.3) is 5.91 Å². The first-order valence-corrected chi connectivity index (χ1v) is 9.82. The minimum Gasteiger partial charge on any atom is -0.507 e. The van der Waals surface area contributed by atoms with Crippen LogP contribution in [0.4, 0.5) is 4.39 Å². The molecule has 0 spiro atoms. The second-order valence-electron chi connectivity index (χ2n) is 7.09. The number of hydrogen-bond donors (Lipinski definition) is 3. The second kappa shape index (κ2) is 9.58. The van der Waals surface area contributed by atoms with Gasteiger partial charge in [-0.3, -0.25) is 25.2 Å². The van der Waals surface area contributed by atoms with Crippen LogP contribution >= 0.6 is 11.6 Å². The van der Waals surface area contributed by atoms with Crippen LogP contribution in [0.2, 0.25) is 5.02 Å². The maximum Gasteiger partial charge on any atom is 0.273 e. The summed E-state index contributed by atoms with van der Waals surface area (Å²) in [5.74, 6) is -2.39. The van der Waals surface area contributed by atoms with Crippen LogP contribution in [0.15, 0.2) is 42.5 Å². The van der Waals surface area contributed by atoms with Gasteiger partial charge >= 0.3 is 0 Å². The SMILES string of the molecule is O=C(NNC(=O)C1CCCN(C(=O)Cc2ccc(F)cc2)C1)c1cc(Cl)ccc1O. The van der Waals surface area contributed by atoms with Gasteiger partial charge in [0.15, 0.2) is 0 Å². The number of rotatable bonds is 4. The molecular formula is C21H21ClFN3O4. The molecule has 158 valence electrons. The molecule has 2 aromatic rings. The van der Waals surface area contributed by atoms with E-state index in [1.807, 2.05) is 0 Å². The summed E-state index contributed by atoms with van der Waals surface area (Å²) >= 11 is 5.82. The highest BCUT2D eigenvalue weighted by Crippen LogP contribution is 2.21. The zero-order valence-electron chi connectivity index (χ0n) is 16.0. The van der Waals surface area contributed by atoms with E-state index in [0.717, 1.165) is 0 Å². The number of phenols is 1. The number of carbonyl (C=O) groups excluding carboxylic acids is 3. The third kappa shape index (κ3) is 5.48. The zero-order chi connectivity index (χ0) is 21.7. The van der Waals surface area contributed by atoms with Crippen LogP contribution in [0.3, 0.4) is 0 Å². The Morgan fingerprint density at radius 1 is 1.13 bits per heavy atom. The molecule has 0 aromatic heterocycles. The van der Waals surface area contributed by atoms with Crippen LogP contribution in [0, 0.1) is 11.7 Å². The molecule has 1 unspecified atom stereocenters. The van der Waals surface area contributed by atoms with Crippen molar-refractivity contribution in [3.8, 4) is 5.75 Å². The van der Waals surface area contributed by atoms with Crippen molar-refractivity contribution in [1.29, 1.82) is 0 Å². The van der Waals surface area contributed by atoms with E-state index in [4.69, 9.17) is 11.6 Å². The number of phenolic OH excluding ortho intramolecular Hbond substituents is 1. The van der Waals surface area contributed by atoms with Crippen molar-refractivity contribution in [3.63, 3.8) is 0 Å². The molecule has 1 atom stereocenters. The number of piperidine rings is 1. The van der Waals surface area contributed by atoms with Crippen LogP contribution in [-0.2, 0) is 16.0 Å². The molecule has 1 aliphatic rings. The van der Waals surface area contributed by atoms with Gasteiger partial charge in [0.2, 0.25) is 11.8 Å². The molecule has 7 nitrogen and oxygen atoms in total. The summed E-state index contributed by atoms with van der Waals surface area (Å²) in [5.41, 5.74) is 5.23. The first-order chi connectivity index (χ1) is 14.3. The maximum absolute atomic E-state index is 13.0. The van der Waals surface area contributed by atoms with Gasteiger partial charge in [0.05, 0.1) is 17.9 Å². The molecule has 1 aliphatic heterocycles. The van der Waals surface area contributed by atoms with E-state index in [1.165, 1.54) is 30.3 Å². The second-order valence-corrected chi connectivity index (χ2v) is 7.52. The highest BCUT2D eigenvalue weighted by molar-refractivity contribution is 6.31. The Kier molecular flexibility index (Phi) is 6.89. The van der Waals surface area contributed by atoms with Crippen LogP contribution in [0.5, 0.6) is 5.75 Å². The molecule has 3 N–H and O–H groups in total. The molecule has 0 radical (unpaired) electrons. The predicted octanol–water partition coefficient (Wildman–Crippen LogP) is 2.43. The highest BCUT2D eigenvalue weighted by Gasteiger charge is 2.28. The number of hydrogen-bond acceptors (Lipinski definition) is 4. The van der Waals surface area contributed by atoms with Crippen molar-refractivity contribution in [3.05, 3.63) is 64.4 Å². The number of aromatic hydroxyl groups is 1. The van der Waals surface area contributed by atoms with Gasteiger partial charge in [0, 0.05) is 18.1 Å². The van der Waals surface area contributed by atoms with E-state index < -0.39 is 17.7 Å². The van der Waals surface area contributed by atoms with Crippen LogP contribution in [-0.4, -0.2) is 40.8 Å². The molecule has 3 amide bonds. The molecular weight excluding hydrogens is 413 g/mol. The Balaban J connectivity index is 1.53. The fourth-order valence-electron chi connectivity index (χ4n) is 3.28. The third-order valence-electron chi connectivity index (χ3n) is 4.92. The predicted molar refractivity (Wildman–Crippen MR) is 108 cm³/mol. The first kappa shape index (κ1) is 21.6. The first-order valence-electron chi connectivity index (χ1n) is 9.44. The standard InChI is InChI=1S/C21H21ClFN3O4/c22-15-5-8-18(27)17(11-15)21(30)25-24-20(29)14-2-1-9-26(12-14)19(28)10-13-3-6-16(23)7-4-13/h3-8,11,14,27H,1-2,9-10,12H2,(H,24,29)(H,25,30). The summed E-state index contributed by atoms with van der Waals surface area (Å²) in [6.07, 6.45) is 1.35. The largest absolute Gasteiger partial charge is 0.507 e. The van der Waals surface area contributed by atoms with Crippen molar-refractivity contribution >= 4 is 29.3 Å². The lowest BCUT2D eigenvalue weighted by atomic mass is 9.96. The third-order valence-corrected chi connectivity index (χ3v) is 5.15. The monoisotopic (exact) mass is 433 g/mol. The summed E-state index contributed by atoms with van der Waals surface area (Å²) in [6.45, 7) is 0.761. The minimum absolute atomic E-state index is 0.0671. The van der Waals surface area contributed by atoms with Gasteiger partial charge in [-0.1, -0.05) is 23.7 Å². The van der Waals surface area contributed by atoms with Gasteiger partial charge in [-0.15, -0.1) is 0 Å². The summed E-state index contributed by atoms with van der Waals surface area (Å²) in [5, 5.41) is 10.0. The summed E-state index contributed by atoms with van der Waals surface area (Å²) < 4.78 is 13.0. The number of likely N-dealkylation sites (tertiary alicyclic amines) is 1. The number of amides is 3. The zero-order valence-corrected chi connectivity index (χ0v) is 16.8. The Bertz CT molecular complexity index is 952. The van der Waals surface area contributed by atoms with Crippen LogP contribution in [0.1, 0.15) is 28.8 Å². The minimum atomic E-state index is -0.705. The van der Waals surface area contributed by atoms with Crippen molar-refractivity contribution in [2.75, 3.05) is 13.1 Å². The van der Waals surface area contributed by atoms with E-state index in [9.17, 15) is 23.9 Å². The molecule has 1 heterocycles. The molecule has 3 rings (SSSR count). The lowest BCUT2D eigenvalue weighted by molar-refractivity contribution is -0.135. The highest BCUT2D eigenvalue weighted by atomic mass is 35.5. The summed E-state index contributed by atoms with van der Waals surface area (Å²) in [7, 11) is 0. The smallest absolute Gasteiger partial charge is 0.273 e. The number of hydrazine groups is 1. The molecule has 0 aliphatic carbocycles. The normalized spacial score (nSPS) is 16.1. The van der Waals surface area contributed by atoms with Gasteiger partial charge in [-0.2, -0.15) is 0 Å². The van der Waals surface area contributed by atoms with Crippen molar-refractivity contribution in [2.24, 2.45) is 5.92 Å². The van der Waals surface area contributed by atoms with Gasteiger partial charge < -0.3 is 10.0 Å². The molecule has 30 heavy (non-hydrogen) atoms. The van der Waals surface area contributed by atoms with Gasteiger partial charge in [-0.25, -0.2) is 4.39 Å². The van der Waals surface area contributed by atoms with Gasteiger partial charge in [-0.05, 0) is 48.7 Å². The Labute approximate surface area is 177 Å². The lowest BCUT2D eigenvalue weighted by Gasteiger charge is -2.32. The number of halogens is 2. The average molecular weight is 434 g/mol. The fraction of sp³-hybridized carbons (Fsp3) is 0.286. The number of carbonyl (C=O) groups is 3. The molecule has 9 heteroatoms. The Morgan fingerprint density at radius 3 is 2.60 bits per heavy atom. The van der Waals surface area contributed by atoms with E-state index in [-0.39, 0.29) is 41.0 Å². The topological polar surface area (TPSA) is 98.7 Å². The fourth-order valence-corrected chi connectivity index (χ4v) is 3.46. The average Bonchev–Trinajstić information content (AvgIpc) is 2.75. The van der Waals surface area contributed by atoms with E-state index >= 15 is 0 Å². The summed E-state index contributed by atoms with van der Waals surface area (Å²) in [6, 6.07) is 9.72. The number of benzene rings is 2. The maximum atomic E-state index is 13.0. The Hall–Kier alpha value is -3.13. The summed E-state index contributed by atoms with van der Waals surface area (Å²) in [4.78, 5) is 38.8.